The molecule has 0 radical (unpaired) electrons. The Labute approximate surface area is 302 Å². The number of anilines is 3. The van der Waals surface area contributed by atoms with Gasteiger partial charge in [0, 0.05) is 95.0 Å². The fraction of sp³-hybridized carbons (Fsp3) is 0.636. The number of nitrogens with one attached hydrogen (secondary N) is 2. The fourth-order valence-electron chi connectivity index (χ4n) is 8.10. The molecule has 4 heterocycles. The molecule has 4 aliphatic rings. The number of likely N-dealkylation sites (tertiary alicyclic amines) is 2. The first-order valence-electron chi connectivity index (χ1n) is 17.2. The van der Waals surface area contributed by atoms with Crippen LogP contribution in [0.25, 0.3) is 11.2 Å². The van der Waals surface area contributed by atoms with E-state index < -0.39 is 11.6 Å². The van der Waals surface area contributed by atoms with Crippen molar-refractivity contribution in [2.75, 3.05) is 36.8 Å². The third-order valence-corrected chi connectivity index (χ3v) is 12.3. The maximum atomic E-state index is 14.8. The zero-order valence-electron chi connectivity index (χ0n) is 26.6. The SMILES string of the molecule is O=C([C@H]1CC[C@@H](n2c(Nc3ccc(F)cc3F)nc3cnc(N[C@H]4CC[C@H](N(I)I)CC4)nc32)CC1)N1CCC(N2CCCC2)CC1. The number of nitrogens with zero attached hydrogens (tertiary/aromatic N) is 7. The van der Waals surface area contributed by atoms with Gasteiger partial charge in [0.25, 0.3) is 0 Å². The Morgan fingerprint density at radius 1 is 0.872 bits per heavy atom. The monoisotopic (exact) mass is 873 g/mol. The maximum absolute atomic E-state index is 14.8. The molecule has 10 nitrogen and oxygen atoms in total. The standard InChI is InChI=1S/C33H43F2I2N9O/c34-22-5-12-28(27(35)19-22)40-33-41-29-20-38-32(39-23-6-10-26(11-7-23)46(36)37)42-30(29)45(33)25-8-3-21(4-9-25)31(47)44-17-13-24(14-18-44)43-15-1-2-16-43/h5,12,19-21,23-26H,1-4,6-11,13-18H2,(H,40,41)(H,38,39,42)/t21-,23-,25+,26-. The number of aromatic nitrogens is 4. The van der Waals surface area contributed by atoms with Gasteiger partial charge in [0.2, 0.25) is 17.8 Å². The lowest BCUT2D eigenvalue weighted by atomic mass is 9.84. The number of amides is 1. The van der Waals surface area contributed by atoms with Crippen molar-refractivity contribution in [1.29, 1.82) is 0 Å². The molecule has 4 fully saturated rings. The van der Waals surface area contributed by atoms with Gasteiger partial charge in [0.05, 0.1) is 11.9 Å². The summed E-state index contributed by atoms with van der Waals surface area (Å²) >= 11 is 4.72. The second kappa shape index (κ2) is 14.9. The molecule has 2 saturated carbocycles. The molecular weight excluding hydrogens is 830 g/mol. The van der Waals surface area contributed by atoms with Gasteiger partial charge in [0.1, 0.15) is 17.2 Å². The number of piperidine rings is 1. The van der Waals surface area contributed by atoms with Crippen LogP contribution in [-0.4, -0.2) is 80.9 Å². The number of hydrogen-bond acceptors (Lipinski definition) is 8. The molecule has 1 amide bonds. The van der Waals surface area contributed by atoms with Crippen LogP contribution in [0.1, 0.15) is 83.1 Å². The highest BCUT2D eigenvalue weighted by atomic mass is 127. The van der Waals surface area contributed by atoms with Crippen molar-refractivity contribution in [1.82, 2.24) is 30.6 Å². The summed E-state index contributed by atoms with van der Waals surface area (Å²) in [6, 6.07) is 4.99. The molecule has 0 atom stereocenters. The Kier molecular flexibility index (Phi) is 10.6. The van der Waals surface area contributed by atoms with Gasteiger partial charge in [-0.05, 0) is 102 Å². The van der Waals surface area contributed by atoms with Crippen LogP contribution < -0.4 is 10.6 Å². The molecule has 0 bridgehead atoms. The molecule has 1 aromatic carbocycles. The van der Waals surface area contributed by atoms with Crippen LogP contribution in [0.4, 0.5) is 26.4 Å². The van der Waals surface area contributed by atoms with Gasteiger partial charge in [0.15, 0.2) is 5.65 Å². The Morgan fingerprint density at radius 3 is 2.28 bits per heavy atom. The lowest BCUT2D eigenvalue weighted by Crippen LogP contribution is -2.48. The van der Waals surface area contributed by atoms with Crippen molar-refractivity contribution in [2.24, 2.45) is 5.92 Å². The van der Waals surface area contributed by atoms with E-state index in [9.17, 15) is 13.6 Å². The van der Waals surface area contributed by atoms with Crippen LogP contribution in [0.2, 0.25) is 0 Å². The summed E-state index contributed by atoms with van der Waals surface area (Å²) in [5, 5.41) is 6.67. The minimum absolute atomic E-state index is 0.0123. The topological polar surface area (TPSA) is 94.4 Å². The highest BCUT2D eigenvalue weighted by molar-refractivity contribution is 14.2. The minimum atomic E-state index is -0.688. The number of rotatable bonds is 8. The van der Waals surface area contributed by atoms with E-state index in [0.29, 0.717) is 47.1 Å². The minimum Gasteiger partial charge on any atom is -0.351 e. The van der Waals surface area contributed by atoms with Gasteiger partial charge < -0.3 is 20.4 Å². The summed E-state index contributed by atoms with van der Waals surface area (Å²) in [5.74, 6) is -0.0122. The van der Waals surface area contributed by atoms with Gasteiger partial charge in [-0.15, -0.1) is 0 Å². The summed E-state index contributed by atoms with van der Waals surface area (Å²) in [6.45, 7) is 4.12. The van der Waals surface area contributed by atoms with Gasteiger partial charge in [-0.3, -0.25) is 9.36 Å². The quantitative estimate of drug-likeness (QED) is 0.179. The molecule has 2 aliphatic carbocycles. The van der Waals surface area contributed by atoms with Crippen LogP contribution in [0.3, 0.4) is 0 Å². The van der Waals surface area contributed by atoms with Crippen LogP contribution in [-0.2, 0) is 4.79 Å². The van der Waals surface area contributed by atoms with E-state index in [1.165, 1.54) is 38.1 Å². The van der Waals surface area contributed by atoms with Crippen molar-refractivity contribution < 1.29 is 13.6 Å². The molecule has 7 rings (SSSR count). The number of carbonyl (C=O) groups excluding carboxylic acids is 1. The maximum Gasteiger partial charge on any atom is 0.225 e. The summed E-state index contributed by atoms with van der Waals surface area (Å²) in [5.41, 5.74) is 1.42. The molecular formula is C33H43F2I2N9O. The summed E-state index contributed by atoms with van der Waals surface area (Å²) in [7, 11) is 0. The van der Waals surface area contributed by atoms with Crippen LogP contribution >= 0.6 is 45.7 Å². The molecule has 2 N–H and O–H groups in total. The summed E-state index contributed by atoms with van der Waals surface area (Å²) < 4.78 is 32.8. The molecule has 0 spiro atoms. The van der Waals surface area contributed by atoms with E-state index >= 15 is 0 Å². The van der Waals surface area contributed by atoms with Crippen molar-refractivity contribution in [2.45, 2.75) is 101 Å². The number of imidazole rings is 1. The molecule has 254 valence electrons. The van der Waals surface area contributed by atoms with Crippen LogP contribution in [0.15, 0.2) is 24.4 Å². The van der Waals surface area contributed by atoms with E-state index in [0.717, 1.165) is 83.4 Å². The van der Waals surface area contributed by atoms with E-state index in [2.05, 4.69) is 72.5 Å². The van der Waals surface area contributed by atoms with Crippen LogP contribution in [0, 0.1) is 17.6 Å². The van der Waals surface area contributed by atoms with Gasteiger partial charge in [-0.1, -0.05) is 0 Å². The summed E-state index contributed by atoms with van der Waals surface area (Å²) in [4.78, 5) is 32.7. The zero-order chi connectivity index (χ0) is 32.5. The summed E-state index contributed by atoms with van der Waals surface area (Å²) in [6.07, 6.45) is 13.9. The first kappa shape index (κ1) is 33.6. The van der Waals surface area contributed by atoms with E-state index in [4.69, 9.17) is 9.97 Å². The third kappa shape index (κ3) is 7.64. The Balaban J connectivity index is 1.07. The van der Waals surface area contributed by atoms with Crippen molar-refractivity contribution in [3.05, 3.63) is 36.0 Å². The van der Waals surface area contributed by atoms with Crippen LogP contribution in [0.5, 0.6) is 0 Å². The molecule has 3 aromatic rings. The average Bonchev–Trinajstić information content (AvgIpc) is 3.75. The number of benzene rings is 1. The number of carbonyl (C=O) groups is 1. The largest absolute Gasteiger partial charge is 0.351 e. The Morgan fingerprint density at radius 2 is 1.60 bits per heavy atom. The zero-order valence-corrected chi connectivity index (χ0v) is 30.9. The van der Waals surface area contributed by atoms with E-state index in [1.807, 2.05) is 4.57 Å². The second-order valence-corrected chi connectivity index (χ2v) is 17.6. The first-order chi connectivity index (χ1) is 22.8. The number of fused-ring (bicyclic) bond motifs is 1. The Hall–Kier alpha value is -1.92. The molecule has 2 aromatic heterocycles. The smallest absolute Gasteiger partial charge is 0.225 e. The second-order valence-electron chi connectivity index (χ2n) is 13.7. The lowest BCUT2D eigenvalue weighted by molar-refractivity contribution is -0.138. The third-order valence-electron chi connectivity index (χ3n) is 10.8. The lowest BCUT2D eigenvalue weighted by Gasteiger charge is -2.39. The highest BCUT2D eigenvalue weighted by Gasteiger charge is 2.35. The average molecular weight is 874 g/mol. The van der Waals surface area contributed by atoms with Crippen molar-refractivity contribution in [3.63, 3.8) is 0 Å². The number of hydrogen-bond donors (Lipinski definition) is 2. The van der Waals surface area contributed by atoms with Crippen molar-refractivity contribution in [3.8, 4) is 0 Å². The molecule has 0 unspecified atom stereocenters. The highest BCUT2D eigenvalue weighted by Crippen LogP contribution is 2.39. The van der Waals surface area contributed by atoms with Crippen molar-refractivity contribution >= 4 is 80.4 Å². The Bertz CT molecular complexity index is 1540. The predicted octanol–water partition coefficient (Wildman–Crippen LogP) is 7.39. The number of halogens is 4. The predicted molar refractivity (Wildman–Crippen MR) is 196 cm³/mol. The first-order valence-corrected chi connectivity index (χ1v) is 19.1. The molecule has 2 aliphatic heterocycles. The normalized spacial score (nSPS) is 26.3. The van der Waals surface area contributed by atoms with Gasteiger partial charge in [-0.2, -0.15) is 6.31 Å². The fourth-order valence-corrected chi connectivity index (χ4v) is 9.22. The molecule has 47 heavy (non-hydrogen) atoms. The molecule has 14 heteroatoms. The van der Waals surface area contributed by atoms with E-state index in [-0.39, 0.29) is 17.6 Å². The van der Waals surface area contributed by atoms with E-state index in [1.54, 1.807) is 6.20 Å². The molecule has 2 saturated heterocycles. The van der Waals surface area contributed by atoms with Gasteiger partial charge in [-0.25, -0.2) is 18.7 Å². The van der Waals surface area contributed by atoms with Gasteiger partial charge >= 0.3 is 0 Å².